The summed E-state index contributed by atoms with van der Waals surface area (Å²) in [6, 6.07) is 28.0. The molecule has 0 bridgehead atoms. The molecule has 0 radical (unpaired) electrons. The van der Waals surface area contributed by atoms with Crippen molar-refractivity contribution in [2.45, 2.75) is 12.8 Å². The minimum absolute atomic E-state index is 0.125. The number of para-hydroxylation sites is 2. The zero-order valence-corrected chi connectivity index (χ0v) is 32.2. The van der Waals surface area contributed by atoms with Gasteiger partial charge in [-0.25, -0.2) is 9.97 Å². The van der Waals surface area contributed by atoms with Gasteiger partial charge in [-0.1, -0.05) is 36.4 Å². The van der Waals surface area contributed by atoms with Crippen LogP contribution in [0.1, 0.15) is 33.6 Å². The lowest BCUT2D eigenvalue weighted by Gasteiger charge is -2.18. The van der Waals surface area contributed by atoms with Crippen LogP contribution in [0.5, 0.6) is 0 Å². The molecule has 0 spiro atoms. The van der Waals surface area contributed by atoms with E-state index in [1.807, 2.05) is 101 Å². The normalized spacial score (nSPS) is 11.7. The van der Waals surface area contributed by atoms with Gasteiger partial charge in [0.25, 0.3) is 11.8 Å². The third-order valence-electron chi connectivity index (χ3n) is 9.61. The molecule has 6 aromatic rings. The van der Waals surface area contributed by atoms with E-state index >= 15 is 0 Å². The number of aromatic nitrogens is 2. The van der Waals surface area contributed by atoms with Crippen LogP contribution in [0, 0.1) is 0 Å². The van der Waals surface area contributed by atoms with Crippen LogP contribution >= 0.6 is 0 Å². The minimum Gasteiger partial charge on any atom is -0.383 e. The number of pyridine rings is 2. The molecule has 0 fully saturated rings. The van der Waals surface area contributed by atoms with Gasteiger partial charge in [-0.2, -0.15) is 0 Å². The third kappa shape index (κ3) is 9.59. The van der Waals surface area contributed by atoms with Crippen LogP contribution in [0.2, 0.25) is 0 Å². The maximum absolute atomic E-state index is 13.4. The van der Waals surface area contributed by atoms with Gasteiger partial charge in [-0.15, -0.1) is 0 Å². The van der Waals surface area contributed by atoms with E-state index in [0.29, 0.717) is 35.2 Å². The summed E-state index contributed by atoms with van der Waals surface area (Å²) in [4.78, 5) is 43.2. The standard InChI is InChI=1S/C43H53N9O2/c1-50(2)26-22-44-38-18-16-32(40-34(38)28-30-12-6-8-14-36(30)48-40)42(53)46-20-10-24-52(5)25-11-21-47-43(54)33-17-19-39(45-23-27-51(3)4)35-29-31-13-7-9-15-37(31)49-41(33)35/h6-9,12-19,28-29,44-45H,10-11,20-27H2,1-5H3,(H,46,53)(H,47,54). The van der Waals surface area contributed by atoms with E-state index in [1.165, 1.54) is 0 Å². The number of rotatable bonds is 18. The van der Waals surface area contributed by atoms with Gasteiger partial charge in [0, 0.05) is 72.2 Å². The number of amides is 2. The summed E-state index contributed by atoms with van der Waals surface area (Å²) in [5.74, 6) is -0.249. The first kappa shape index (κ1) is 38.4. The van der Waals surface area contributed by atoms with E-state index in [4.69, 9.17) is 9.97 Å². The topological polar surface area (TPSA) is 118 Å². The Kier molecular flexibility index (Phi) is 12.9. The lowest BCUT2D eigenvalue weighted by molar-refractivity contribution is 0.0947. The quantitative estimate of drug-likeness (QED) is 0.0634. The monoisotopic (exact) mass is 727 g/mol. The molecular weight excluding hydrogens is 675 g/mol. The fourth-order valence-electron chi connectivity index (χ4n) is 6.63. The summed E-state index contributed by atoms with van der Waals surface area (Å²) in [7, 11) is 10.3. The van der Waals surface area contributed by atoms with Gasteiger partial charge in [0.05, 0.1) is 33.2 Å². The highest BCUT2D eigenvalue weighted by atomic mass is 16.2. The number of nitrogens with zero attached hydrogens (tertiary/aromatic N) is 5. The summed E-state index contributed by atoms with van der Waals surface area (Å²) in [5, 5.41) is 17.2. The van der Waals surface area contributed by atoms with E-state index in [2.05, 4.69) is 55.1 Å². The summed E-state index contributed by atoms with van der Waals surface area (Å²) < 4.78 is 0. The molecule has 11 heteroatoms. The van der Waals surface area contributed by atoms with Crippen molar-refractivity contribution in [1.82, 2.24) is 35.3 Å². The van der Waals surface area contributed by atoms with Crippen molar-refractivity contribution in [3.63, 3.8) is 0 Å². The molecule has 4 aromatic carbocycles. The second-order valence-electron chi connectivity index (χ2n) is 14.5. The maximum Gasteiger partial charge on any atom is 0.253 e. The molecule has 0 aliphatic carbocycles. The Labute approximate surface area is 318 Å². The Morgan fingerprint density at radius 3 is 1.39 bits per heavy atom. The van der Waals surface area contributed by atoms with Crippen molar-refractivity contribution in [3.8, 4) is 0 Å². The molecule has 0 saturated carbocycles. The molecule has 54 heavy (non-hydrogen) atoms. The SMILES string of the molecule is CN(C)CCNc1ccc(C(=O)NCCCN(C)CCCNC(=O)c2ccc(NCCN(C)C)c3cc4ccccc4nc23)c2nc3ccccc3cc12. The first-order valence-electron chi connectivity index (χ1n) is 18.8. The lowest BCUT2D eigenvalue weighted by atomic mass is 10.0. The average molecular weight is 728 g/mol. The summed E-state index contributed by atoms with van der Waals surface area (Å²) >= 11 is 0. The van der Waals surface area contributed by atoms with E-state index in [9.17, 15) is 9.59 Å². The minimum atomic E-state index is -0.125. The number of fused-ring (bicyclic) bond motifs is 4. The number of anilines is 2. The molecule has 0 unspecified atom stereocenters. The number of hydrogen-bond acceptors (Lipinski definition) is 9. The number of carbonyl (C=O) groups is 2. The Morgan fingerprint density at radius 2 is 0.963 bits per heavy atom. The van der Waals surface area contributed by atoms with Gasteiger partial charge in [0.15, 0.2) is 0 Å². The molecule has 0 saturated heterocycles. The second kappa shape index (κ2) is 18.1. The highest BCUT2D eigenvalue weighted by molar-refractivity contribution is 6.12. The van der Waals surface area contributed by atoms with Gasteiger partial charge in [0.1, 0.15) is 0 Å². The van der Waals surface area contributed by atoms with Crippen LogP contribution in [-0.2, 0) is 0 Å². The molecule has 282 valence electrons. The third-order valence-corrected chi connectivity index (χ3v) is 9.61. The van der Waals surface area contributed by atoms with Crippen LogP contribution < -0.4 is 21.3 Å². The maximum atomic E-state index is 13.4. The van der Waals surface area contributed by atoms with Crippen molar-refractivity contribution in [1.29, 1.82) is 0 Å². The fraction of sp³-hybridized carbons (Fsp3) is 0.349. The predicted octanol–water partition coefficient (Wildman–Crippen LogP) is 5.91. The number of hydrogen-bond donors (Lipinski definition) is 4. The predicted molar refractivity (Wildman–Crippen MR) is 224 cm³/mol. The van der Waals surface area contributed by atoms with Gasteiger partial charge in [-0.3, -0.25) is 9.59 Å². The van der Waals surface area contributed by atoms with E-state index in [0.717, 1.165) is 96.1 Å². The first-order valence-corrected chi connectivity index (χ1v) is 18.8. The Bertz CT molecular complexity index is 2080. The number of nitrogens with one attached hydrogen (secondary N) is 4. The van der Waals surface area contributed by atoms with Crippen molar-refractivity contribution in [2.24, 2.45) is 0 Å². The Balaban J connectivity index is 0.999. The van der Waals surface area contributed by atoms with Crippen molar-refractivity contribution >= 4 is 66.8 Å². The van der Waals surface area contributed by atoms with E-state index < -0.39 is 0 Å². The highest BCUT2D eigenvalue weighted by Crippen LogP contribution is 2.30. The van der Waals surface area contributed by atoms with E-state index in [1.54, 1.807) is 0 Å². The average Bonchev–Trinajstić information content (AvgIpc) is 3.16. The fourth-order valence-corrected chi connectivity index (χ4v) is 6.63. The van der Waals surface area contributed by atoms with Gasteiger partial charge in [-0.05, 0) is 110 Å². The summed E-state index contributed by atoms with van der Waals surface area (Å²) in [5.41, 5.74) is 6.22. The van der Waals surface area contributed by atoms with Gasteiger partial charge < -0.3 is 36.0 Å². The molecule has 0 aliphatic heterocycles. The molecule has 4 N–H and O–H groups in total. The lowest BCUT2D eigenvalue weighted by Crippen LogP contribution is -2.31. The van der Waals surface area contributed by atoms with Gasteiger partial charge in [0.2, 0.25) is 0 Å². The zero-order chi connectivity index (χ0) is 38.0. The second-order valence-corrected chi connectivity index (χ2v) is 14.5. The summed E-state index contributed by atoms with van der Waals surface area (Å²) in [6.45, 7) is 6.09. The zero-order valence-electron chi connectivity index (χ0n) is 32.2. The molecule has 11 nitrogen and oxygen atoms in total. The molecule has 2 aromatic heterocycles. The smallest absolute Gasteiger partial charge is 0.253 e. The van der Waals surface area contributed by atoms with Crippen molar-refractivity contribution in [2.75, 3.05) is 98.2 Å². The van der Waals surface area contributed by atoms with Crippen LogP contribution in [-0.4, -0.2) is 124 Å². The largest absolute Gasteiger partial charge is 0.383 e. The van der Waals surface area contributed by atoms with Crippen LogP contribution in [0.15, 0.2) is 84.9 Å². The number of likely N-dealkylation sites (N-methyl/N-ethyl adjacent to an activating group) is 2. The molecule has 0 aliphatic rings. The van der Waals surface area contributed by atoms with Crippen LogP contribution in [0.25, 0.3) is 43.6 Å². The molecule has 2 heterocycles. The number of benzene rings is 4. The first-order chi connectivity index (χ1) is 26.2. The molecule has 6 rings (SSSR count). The molecule has 2 amide bonds. The molecule has 0 atom stereocenters. The Morgan fingerprint density at radius 1 is 0.537 bits per heavy atom. The molecular formula is C43H53N9O2. The Hall–Kier alpha value is -5.36. The number of carbonyl (C=O) groups excluding carboxylic acids is 2. The van der Waals surface area contributed by atoms with Crippen molar-refractivity contribution in [3.05, 3.63) is 96.1 Å². The van der Waals surface area contributed by atoms with E-state index in [-0.39, 0.29) is 11.8 Å². The van der Waals surface area contributed by atoms with Crippen LogP contribution in [0.3, 0.4) is 0 Å². The van der Waals surface area contributed by atoms with Crippen LogP contribution in [0.4, 0.5) is 11.4 Å². The van der Waals surface area contributed by atoms with Crippen molar-refractivity contribution < 1.29 is 9.59 Å². The summed E-state index contributed by atoms with van der Waals surface area (Å²) in [6.07, 6.45) is 1.60. The van der Waals surface area contributed by atoms with Gasteiger partial charge >= 0.3 is 0 Å². The highest BCUT2D eigenvalue weighted by Gasteiger charge is 2.17.